The van der Waals surface area contributed by atoms with Crippen LogP contribution in [0, 0.1) is 12.1 Å². The van der Waals surface area contributed by atoms with Crippen molar-refractivity contribution in [2.24, 2.45) is 0 Å². The quantitative estimate of drug-likeness (QED) is 0.128. The normalized spacial score (nSPS) is 11.1. The molecule has 0 radical (unpaired) electrons. The third-order valence-electron chi connectivity index (χ3n) is 8.98. The fraction of sp³-hybridized carbons (Fsp3) is 0.136. The Morgan fingerprint density at radius 2 is 1.45 bits per heavy atom. The van der Waals surface area contributed by atoms with E-state index in [4.69, 9.17) is 24.3 Å². The van der Waals surface area contributed by atoms with Gasteiger partial charge in [0, 0.05) is 43.1 Å². The van der Waals surface area contributed by atoms with Crippen LogP contribution in [0.15, 0.2) is 128 Å². The van der Waals surface area contributed by atoms with Crippen LogP contribution in [0.4, 0.5) is 5.82 Å². The predicted molar refractivity (Wildman–Crippen MR) is 207 cm³/mol. The van der Waals surface area contributed by atoms with Crippen LogP contribution in [0.2, 0.25) is 0 Å². The van der Waals surface area contributed by atoms with E-state index in [1.165, 1.54) is 5.56 Å². The van der Waals surface area contributed by atoms with Crippen molar-refractivity contribution in [2.45, 2.75) is 19.8 Å². The molecule has 53 heavy (non-hydrogen) atoms. The zero-order valence-corrected chi connectivity index (χ0v) is 32.3. The molecule has 0 spiro atoms. The number of hydrogen-bond donors (Lipinski definition) is 0. The van der Waals surface area contributed by atoms with Gasteiger partial charge in [-0.25, -0.2) is 9.67 Å². The van der Waals surface area contributed by atoms with Crippen LogP contribution in [0.25, 0.3) is 44.4 Å². The van der Waals surface area contributed by atoms with Gasteiger partial charge in [-0.15, -0.1) is 34.8 Å². The molecule has 0 aliphatic heterocycles. The Hall–Kier alpha value is -5.85. The molecule has 8 nitrogen and oxygen atoms in total. The van der Waals surface area contributed by atoms with Crippen molar-refractivity contribution >= 4 is 27.6 Å². The summed E-state index contributed by atoms with van der Waals surface area (Å²) in [5.41, 5.74) is 5.51. The van der Waals surface area contributed by atoms with Crippen LogP contribution < -0.4 is 19.1 Å². The molecule has 8 aromatic rings. The zero-order valence-electron chi connectivity index (χ0n) is 30.0. The molecule has 0 N–H and O–H groups in total. The van der Waals surface area contributed by atoms with Crippen molar-refractivity contribution in [3.63, 3.8) is 0 Å². The molecule has 0 aliphatic rings. The first-order valence-electron chi connectivity index (χ1n) is 17.2. The third kappa shape index (κ3) is 6.90. The van der Waals surface area contributed by atoms with Gasteiger partial charge in [-0.3, -0.25) is 0 Å². The number of pyridine rings is 1. The van der Waals surface area contributed by atoms with E-state index in [-0.39, 0.29) is 21.1 Å². The van der Waals surface area contributed by atoms with Gasteiger partial charge in [0.1, 0.15) is 11.6 Å². The van der Waals surface area contributed by atoms with Crippen molar-refractivity contribution in [2.75, 3.05) is 26.1 Å². The third-order valence-corrected chi connectivity index (χ3v) is 8.98. The SMILES string of the molecule is COc1cc(Oc2[c-]c3c(cc2)c2ccccc2n3-c2cc(C(C)C)ccn2)[c-]c(-n2nc(N(C)C)c(-c3ccccc3)c2Oc2ccccc2)c1.[Pt+2]. The minimum Gasteiger partial charge on any atom is -0.522 e. The van der Waals surface area contributed by atoms with Crippen LogP contribution in [0.3, 0.4) is 0 Å². The van der Waals surface area contributed by atoms with Gasteiger partial charge in [-0.1, -0.05) is 92.2 Å². The van der Waals surface area contributed by atoms with E-state index < -0.39 is 0 Å². The van der Waals surface area contributed by atoms with E-state index >= 15 is 0 Å². The number of hydrogen-bond acceptors (Lipinski definition) is 6. The molecule has 0 fully saturated rings. The number of methoxy groups -OCH3 is 1. The van der Waals surface area contributed by atoms with Gasteiger partial charge in [0.25, 0.3) is 0 Å². The molecule has 0 bridgehead atoms. The van der Waals surface area contributed by atoms with Crippen LogP contribution in [0.5, 0.6) is 28.9 Å². The minimum atomic E-state index is 0. The first kappa shape index (κ1) is 35.5. The summed E-state index contributed by atoms with van der Waals surface area (Å²) in [6, 6.07) is 47.0. The molecule has 3 heterocycles. The van der Waals surface area contributed by atoms with Crippen molar-refractivity contribution < 1.29 is 35.3 Å². The fourth-order valence-corrected chi connectivity index (χ4v) is 6.42. The summed E-state index contributed by atoms with van der Waals surface area (Å²) in [4.78, 5) is 6.76. The van der Waals surface area contributed by atoms with Crippen molar-refractivity contribution in [1.82, 2.24) is 19.3 Å². The molecule has 5 aromatic carbocycles. The summed E-state index contributed by atoms with van der Waals surface area (Å²) >= 11 is 0. The second-order valence-corrected chi connectivity index (χ2v) is 13.0. The summed E-state index contributed by atoms with van der Waals surface area (Å²) in [5, 5.41) is 7.23. The Labute approximate surface area is 323 Å². The summed E-state index contributed by atoms with van der Waals surface area (Å²) in [7, 11) is 5.56. The van der Waals surface area contributed by atoms with E-state index in [1.807, 2.05) is 91.9 Å². The second-order valence-electron chi connectivity index (χ2n) is 13.0. The van der Waals surface area contributed by atoms with Crippen molar-refractivity contribution in [1.29, 1.82) is 0 Å². The molecule has 0 unspecified atom stereocenters. The number of rotatable bonds is 10. The smallest absolute Gasteiger partial charge is 0.522 e. The van der Waals surface area contributed by atoms with Crippen LogP contribution in [0.1, 0.15) is 25.3 Å². The van der Waals surface area contributed by atoms with E-state index in [2.05, 4.69) is 79.1 Å². The van der Waals surface area contributed by atoms with Crippen molar-refractivity contribution in [3.8, 4) is 51.5 Å². The van der Waals surface area contributed by atoms with Gasteiger partial charge < -0.3 is 23.7 Å². The average Bonchev–Trinajstić information content (AvgIpc) is 3.71. The van der Waals surface area contributed by atoms with Gasteiger partial charge in [0.2, 0.25) is 5.88 Å². The van der Waals surface area contributed by atoms with E-state index in [9.17, 15) is 0 Å². The molecule has 9 heteroatoms. The molecule has 3 aromatic heterocycles. The Morgan fingerprint density at radius 1 is 0.717 bits per heavy atom. The largest absolute Gasteiger partial charge is 2.00 e. The summed E-state index contributed by atoms with van der Waals surface area (Å²) in [5.74, 6) is 4.66. The Balaban J connectivity index is 0.00000435. The average molecular weight is 879 g/mol. The first-order valence-corrected chi connectivity index (χ1v) is 17.2. The first-order chi connectivity index (χ1) is 25.4. The van der Waals surface area contributed by atoms with Gasteiger partial charge in [0.15, 0.2) is 5.82 Å². The van der Waals surface area contributed by atoms with Gasteiger partial charge in [-0.05, 0) is 58.5 Å². The molecule has 0 amide bonds. The fourth-order valence-electron chi connectivity index (χ4n) is 6.42. The standard InChI is InChI=1S/C44H37N5O3.Pt/c1-29(2)31-22-23-45-41(24-31)48-39-19-13-12-18-37(39)38-21-20-34(28-40(38)48)51-36-26-32(25-35(27-36)50-5)49-44(52-33-16-10-7-11-17-33)42(43(46-49)47(3)4)30-14-8-6-9-15-30;/h6-25,27,29H,1-5H3;/q-2;+2. The maximum atomic E-state index is 6.62. The molecule has 0 saturated carbocycles. The minimum absolute atomic E-state index is 0. The van der Waals surface area contributed by atoms with Crippen LogP contribution >= 0.6 is 0 Å². The number of para-hydroxylation sites is 2. The number of benzene rings is 5. The molecular formula is C44H37N5O3Pt. The summed E-state index contributed by atoms with van der Waals surface area (Å²) in [6.45, 7) is 4.37. The number of ether oxygens (including phenoxy) is 3. The topological polar surface area (TPSA) is 66.6 Å². The second kappa shape index (κ2) is 15.0. The molecule has 0 aliphatic carbocycles. The monoisotopic (exact) mass is 878 g/mol. The molecular weight excluding hydrogens is 842 g/mol. The maximum Gasteiger partial charge on any atom is 2.00 e. The van der Waals surface area contributed by atoms with Gasteiger partial charge in [-0.2, -0.15) is 6.07 Å². The number of aromatic nitrogens is 4. The Bertz CT molecular complexity index is 2530. The van der Waals surface area contributed by atoms with E-state index in [0.29, 0.717) is 40.5 Å². The summed E-state index contributed by atoms with van der Waals surface area (Å²) in [6.07, 6.45) is 1.87. The Morgan fingerprint density at radius 3 is 2.19 bits per heavy atom. The van der Waals surface area contributed by atoms with Crippen LogP contribution in [-0.4, -0.2) is 40.5 Å². The predicted octanol–water partition coefficient (Wildman–Crippen LogP) is 10.4. The number of anilines is 1. The van der Waals surface area contributed by atoms with E-state index in [1.54, 1.807) is 17.9 Å². The Kier molecular flexibility index (Phi) is 10.1. The van der Waals surface area contributed by atoms with Gasteiger partial charge in [0.05, 0.1) is 12.7 Å². The number of fused-ring (bicyclic) bond motifs is 3. The maximum absolute atomic E-state index is 6.62. The van der Waals surface area contributed by atoms with Crippen LogP contribution in [-0.2, 0) is 21.1 Å². The summed E-state index contributed by atoms with van der Waals surface area (Å²) < 4.78 is 22.9. The zero-order chi connectivity index (χ0) is 35.8. The van der Waals surface area contributed by atoms with Gasteiger partial charge >= 0.3 is 21.1 Å². The molecule has 0 saturated heterocycles. The number of nitrogens with zero attached hydrogens (tertiary/aromatic N) is 5. The molecule has 0 atom stereocenters. The van der Waals surface area contributed by atoms with E-state index in [0.717, 1.165) is 44.6 Å². The molecule has 266 valence electrons. The molecule has 8 rings (SSSR count). The van der Waals surface area contributed by atoms with Crippen molar-refractivity contribution in [3.05, 3.63) is 145 Å².